The molecule has 1 aromatic heterocycles. The van der Waals surface area contributed by atoms with Crippen LogP contribution in [0.2, 0.25) is 0 Å². The summed E-state index contributed by atoms with van der Waals surface area (Å²) >= 11 is 3.68. The first-order valence-electron chi connectivity index (χ1n) is 3.92. The number of thiol groups is 1. The third kappa shape index (κ3) is 1.26. The highest BCUT2D eigenvalue weighted by atomic mass is 32.1. The molecule has 72 valence electrons. The van der Waals surface area contributed by atoms with Crippen LogP contribution >= 0.6 is 12.6 Å². The van der Waals surface area contributed by atoms with Gasteiger partial charge in [-0.25, -0.2) is 4.79 Å². The van der Waals surface area contributed by atoms with Crippen LogP contribution in [-0.2, 0) is 7.05 Å². The summed E-state index contributed by atoms with van der Waals surface area (Å²) < 4.78 is 6.29. The summed E-state index contributed by atoms with van der Waals surface area (Å²) in [5.74, 6) is -0.441. The lowest BCUT2D eigenvalue weighted by Crippen LogP contribution is -2.08. The van der Waals surface area contributed by atoms with Crippen LogP contribution in [0.1, 0.15) is 10.4 Å². The Morgan fingerprint density at radius 1 is 1.50 bits per heavy atom. The fraction of sp³-hybridized carbons (Fsp3) is 0.111. The van der Waals surface area contributed by atoms with Gasteiger partial charge in [0.25, 0.3) is 0 Å². The van der Waals surface area contributed by atoms with Crippen molar-refractivity contribution < 1.29 is 9.21 Å². The number of hydrogen-bond acceptors (Lipinski definition) is 3. The first kappa shape index (κ1) is 9.08. The zero-order valence-electron chi connectivity index (χ0n) is 7.35. The number of nitrogens with zero attached hydrogens (tertiary/aromatic N) is 1. The summed E-state index contributed by atoms with van der Waals surface area (Å²) in [5, 5.41) is -0.349. The van der Waals surface area contributed by atoms with E-state index in [-0.39, 0.29) is 5.12 Å². The van der Waals surface area contributed by atoms with E-state index in [4.69, 9.17) is 4.42 Å². The summed E-state index contributed by atoms with van der Waals surface area (Å²) in [6.07, 6.45) is 0. The molecule has 0 atom stereocenters. The van der Waals surface area contributed by atoms with Gasteiger partial charge in [0.1, 0.15) is 0 Å². The molecule has 2 aromatic rings. The smallest absolute Gasteiger partial charge is 0.408 e. The van der Waals surface area contributed by atoms with Crippen LogP contribution in [0.25, 0.3) is 11.1 Å². The summed E-state index contributed by atoms with van der Waals surface area (Å²) in [5.41, 5.74) is 1.47. The van der Waals surface area contributed by atoms with Gasteiger partial charge in [-0.3, -0.25) is 9.36 Å². The molecule has 0 saturated carbocycles. The maximum Gasteiger partial charge on any atom is 0.419 e. The van der Waals surface area contributed by atoms with Crippen LogP contribution in [0.5, 0.6) is 0 Å². The van der Waals surface area contributed by atoms with E-state index in [2.05, 4.69) is 12.6 Å². The molecular formula is C9H7NO3S. The molecule has 4 nitrogen and oxygen atoms in total. The van der Waals surface area contributed by atoms with Crippen molar-refractivity contribution in [3.05, 3.63) is 34.3 Å². The fourth-order valence-electron chi connectivity index (χ4n) is 1.27. The van der Waals surface area contributed by atoms with Crippen LogP contribution < -0.4 is 5.76 Å². The van der Waals surface area contributed by atoms with E-state index in [0.29, 0.717) is 16.7 Å². The summed E-state index contributed by atoms with van der Waals surface area (Å²) in [6, 6.07) is 4.77. The van der Waals surface area contributed by atoms with E-state index in [1.54, 1.807) is 19.2 Å². The molecule has 5 heteroatoms. The Balaban J connectivity index is 2.80. The quantitative estimate of drug-likeness (QED) is 0.718. The molecule has 0 aliphatic rings. The Labute approximate surface area is 84.5 Å². The minimum atomic E-state index is -0.441. The molecule has 0 radical (unpaired) electrons. The minimum absolute atomic E-state index is 0.349. The number of benzene rings is 1. The molecular weight excluding hydrogens is 202 g/mol. The molecule has 0 amide bonds. The Morgan fingerprint density at radius 2 is 2.21 bits per heavy atom. The normalized spacial score (nSPS) is 10.7. The SMILES string of the molecule is Cn1c(=O)oc2cc(C(=O)S)ccc21. The first-order chi connectivity index (χ1) is 6.59. The first-order valence-corrected chi connectivity index (χ1v) is 4.37. The number of carbonyl (C=O) groups excluding carboxylic acids is 1. The van der Waals surface area contributed by atoms with Crippen molar-refractivity contribution in [2.24, 2.45) is 7.05 Å². The molecule has 0 aliphatic heterocycles. The van der Waals surface area contributed by atoms with E-state index in [0.717, 1.165) is 0 Å². The second-order valence-corrected chi connectivity index (χ2v) is 3.32. The molecule has 0 saturated heterocycles. The predicted octanol–water partition coefficient (Wildman–Crippen LogP) is 1.20. The van der Waals surface area contributed by atoms with Gasteiger partial charge >= 0.3 is 5.76 Å². The number of oxazole rings is 1. The lowest BCUT2D eigenvalue weighted by molar-refractivity contribution is 0.109. The summed E-state index contributed by atoms with van der Waals surface area (Å²) in [4.78, 5) is 22.0. The molecule has 1 heterocycles. The summed E-state index contributed by atoms with van der Waals surface area (Å²) in [6.45, 7) is 0. The van der Waals surface area contributed by atoms with Gasteiger partial charge in [-0.1, -0.05) is 0 Å². The van der Waals surface area contributed by atoms with E-state index >= 15 is 0 Å². The van der Waals surface area contributed by atoms with Crippen LogP contribution in [0.15, 0.2) is 27.4 Å². The fourth-order valence-corrected chi connectivity index (χ4v) is 1.41. The molecule has 1 aromatic carbocycles. The van der Waals surface area contributed by atoms with Crippen molar-refractivity contribution in [2.75, 3.05) is 0 Å². The highest BCUT2D eigenvalue weighted by Crippen LogP contribution is 2.15. The molecule has 14 heavy (non-hydrogen) atoms. The van der Waals surface area contributed by atoms with Crippen molar-refractivity contribution in [1.82, 2.24) is 4.57 Å². The zero-order valence-corrected chi connectivity index (χ0v) is 8.25. The Hall–Kier alpha value is -1.49. The molecule has 0 spiro atoms. The van der Waals surface area contributed by atoms with E-state index in [9.17, 15) is 9.59 Å². The van der Waals surface area contributed by atoms with Gasteiger partial charge in [0.05, 0.1) is 5.52 Å². The summed E-state index contributed by atoms with van der Waals surface area (Å²) in [7, 11) is 1.61. The van der Waals surface area contributed by atoms with Gasteiger partial charge in [-0.05, 0) is 18.2 Å². The van der Waals surface area contributed by atoms with E-state index < -0.39 is 5.76 Å². The maximum atomic E-state index is 11.1. The second-order valence-electron chi connectivity index (χ2n) is 2.91. The number of aromatic nitrogens is 1. The molecule has 0 bridgehead atoms. The van der Waals surface area contributed by atoms with Gasteiger partial charge in [0.2, 0.25) is 5.12 Å². The molecule has 0 N–H and O–H groups in total. The number of aryl methyl sites for hydroxylation is 1. The molecule has 0 unspecified atom stereocenters. The highest BCUT2D eigenvalue weighted by molar-refractivity contribution is 7.97. The second kappa shape index (κ2) is 3.02. The number of rotatable bonds is 1. The van der Waals surface area contributed by atoms with Gasteiger partial charge in [-0.15, -0.1) is 12.6 Å². The van der Waals surface area contributed by atoms with Gasteiger partial charge in [0, 0.05) is 12.6 Å². The average Bonchev–Trinajstić information content (AvgIpc) is 2.42. The molecule has 2 rings (SSSR count). The van der Waals surface area contributed by atoms with Crippen molar-refractivity contribution >= 4 is 28.8 Å². The topological polar surface area (TPSA) is 52.2 Å². The average molecular weight is 209 g/mol. The monoisotopic (exact) mass is 209 g/mol. The zero-order chi connectivity index (χ0) is 10.3. The number of carbonyl (C=O) groups is 1. The van der Waals surface area contributed by atoms with Crippen LogP contribution in [0.4, 0.5) is 0 Å². The van der Waals surface area contributed by atoms with E-state index in [1.165, 1.54) is 10.6 Å². The number of fused-ring (bicyclic) bond motifs is 1. The maximum absolute atomic E-state index is 11.1. The van der Waals surface area contributed by atoms with E-state index in [1.807, 2.05) is 0 Å². The Bertz CT molecular complexity index is 567. The largest absolute Gasteiger partial charge is 0.419 e. The van der Waals surface area contributed by atoms with Crippen molar-refractivity contribution in [3.8, 4) is 0 Å². The van der Waals surface area contributed by atoms with Gasteiger partial charge in [0.15, 0.2) is 5.58 Å². The van der Waals surface area contributed by atoms with Crippen molar-refractivity contribution in [1.29, 1.82) is 0 Å². The minimum Gasteiger partial charge on any atom is -0.408 e. The lowest BCUT2D eigenvalue weighted by Gasteiger charge is -1.94. The third-order valence-electron chi connectivity index (χ3n) is 2.04. The van der Waals surface area contributed by atoms with Crippen LogP contribution in [0.3, 0.4) is 0 Å². The lowest BCUT2D eigenvalue weighted by atomic mass is 10.2. The van der Waals surface area contributed by atoms with Crippen LogP contribution in [0, 0.1) is 0 Å². The Morgan fingerprint density at radius 3 is 2.86 bits per heavy atom. The Kier molecular flexibility index (Phi) is 1.96. The molecule has 0 fully saturated rings. The van der Waals surface area contributed by atoms with Gasteiger partial charge < -0.3 is 4.42 Å². The third-order valence-corrected chi connectivity index (χ3v) is 2.30. The van der Waals surface area contributed by atoms with Gasteiger partial charge in [-0.2, -0.15) is 0 Å². The predicted molar refractivity (Wildman–Crippen MR) is 54.8 cm³/mol. The van der Waals surface area contributed by atoms with Crippen molar-refractivity contribution in [2.45, 2.75) is 0 Å². The van der Waals surface area contributed by atoms with Crippen LogP contribution in [-0.4, -0.2) is 9.68 Å². The standard InChI is InChI=1S/C9H7NO3S/c1-10-6-3-2-5(8(11)14)4-7(6)13-9(10)12/h2-4H,1H3,(H,11,14). The number of hydrogen-bond donors (Lipinski definition) is 1. The molecule has 0 aliphatic carbocycles. The highest BCUT2D eigenvalue weighted by Gasteiger charge is 2.08. The van der Waals surface area contributed by atoms with Crippen molar-refractivity contribution in [3.63, 3.8) is 0 Å².